The van der Waals surface area contributed by atoms with E-state index in [4.69, 9.17) is 9.47 Å². The van der Waals surface area contributed by atoms with Crippen molar-refractivity contribution in [1.82, 2.24) is 10.2 Å². The van der Waals surface area contributed by atoms with E-state index in [-0.39, 0.29) is 19.5 Å². The first-order valence-corrected chi connectivity index (χ1v) is 9.61. The molecule has 1 N–H and O–H groups in total. The van der Waals surface area contributed by atoms with Crippen LogP contribution in [0.25, 0.3) is 0 Å². The summed E-state index contributed by atoms with van der Waals surface area (Å²) in [6, 6.07) is 3.86. The Labute approximate surface area is 171 Å². The van der Waals surface area contributed by atoms with Crippen molar-refractivity contribution in [2.75, 3.05) is 13.7 Å². The monoisotopic (exact) mass is 458 g/mol. The zero-order valence-corrected chi connectivity index (χ0v) is 17.8. The molecule has 2 atom stereocenters. The summed E-state index contributed by atoms with van der Waals surface area (Å²) in [6.45, 7) is 5.11. The fourth-order valence-electron chi connectivity index (χ4n) is 2.93. The average Bonchev–Trinajstić information content (AvgIpc) is 3.06. The maximum atomic E-state index is 14.1. The van der Waals surface area contributed by atoms with Crippen molar-refractivity contribution in [3.8, 4) is 0 Å². The standard InChI is InChI=1S/C19H24BrFN2O5/c1-19(2,3)28-18(26)23-10-12(17(25)27-4)8-14(23)16(24)22-9-11-6-5-7-13(20)15(11)21/h5-7,12,14H,8-10H2,1-4H3,(H,22,24)/t12-,14-/m0/s1. The van der Waals surface area contributed by atoms with E-state index >= 15 is 0 Å². The molecule has 1 aromatic rings. The SMILES string of the molecule is COC(=O)[C@H]1C[C@@H](C(=O)NCc2cccc(Br)c2F)N(C(=O)OC(C)(C)C)C1. The number of ether oxygens (including phenoxy) is 2. The molecule has 1 fully saturated rings. The number of carbonyl (C=O) groups is 3. The van der Waals surface area contributed by atoms with Crippen LogP contribution in [0.4, 0.5) is 9.18 Å². The molecule has 0 saturated carbocycles. The Balaban J connectivity index is 2.13. The number of likely N-dealkylation sites (tertiary alicyclic amines) is 1. The zero-order chi connectivity index (χ0) is 21.1. The molecule has 0 spiro atoms. The van der Waals surface area contributed by atoms with Crippen LogP contribution in [0.2, 0.25) is 0 Å². The van der Waals surface area contributed by atoms with Gasteiger partial charge in [0, 0.05) is 18.7 Å². The Kier molecular flexibility index (Phi) is 7.03. The topological polar surface area (TPSA) is 84.9 Å². The molecule has 7 nitrogen and oxygen atoms in total. The molecular formula is C19H24BrFN2O5. The number of carbonyl (C=O) groups excluding carboxylic acids is 3. The van der Waals surface area contributed by atoms with Gasteiger partial charge in [-0.05, 0) is 49.2 Å². The Bertz CT molecular complexity index is 765. The number of halogens is 2. The molecule has 1 saturated heterocycles. The predicted molar refractivity (Wildman–Crippen MR) is 103 cm³/mol. The maximum absolute atomic E-state index is 14.1. The molecule has 2 amide bonds. The smallest absolute Gasteiger partial charge is 0.410 e. The van der Waals surface area contributed by atoms with Crippen LogP contribution in [0.1, 0.15) is 32.8 Å². The van der Waals surface area contributed by atoms with Gasteiger partial charge in [0.05, 0.1) is 17.5 Å². The van der Waals surface area contributed by atoms with E-state index < -0.39 is 41.3 Å². The number of amides is 2. The van der Waals surface area contributed by atoms with E-state index in [0.717, 1.165) is 0 Å². The van der Waals surface area contributed by atoms with Gasteiger partial charge in [0.2, 0.25) is 5.91 Å². The summed E-state index contributed by atoms with van der Waals surface area (Å²) in [5.41, 5.74) is -0.449. The molecule has 1 aromatic carbocycles. The molecule has 1 aliphatic rings. The lowest BCUT2D eigenvalue weighted by Crippen LogP contribution is -2.47. The van der Waals surface area contributed by atoms with Crippen LogP contribution in [0.15, 0.2) is 22.7 Å². The third-order valence-electron chi connectivity index (χ3n) is 4.25. The summed E-state index contributed by atoms with van der Waals surface area (Å²) in [4.78, 5) is 38.3. The number of nitrogens with zero attached hydrogens (tertiary/aromatic N) is 1. The Morgan fingerprint density at radius 2 is 2.00 bits per heavy atom. The van der Waals surface area contributed by atoms with Crippen LogP contribution in [0.5, 0.6) is 0 Å². The fraction of sp³-hybridized carbons (Fsp3) is 0.526. The average molecular weight is 459 g/mol. The van der Waals surface area contributed by atoms with Crippen LogP contribution < -0.4 is 5.32 Å². The lowest BCUT2D eigenvalue weighted by molar-refractivity contribution is -0.144. The second kappa shape index (κ2) is 8.89. The molecule has 1 heterocycles. The van der Waals surface area contributed by atoms with Gasteiger partial charge in [0.1, 0.15) is 17.5 Å². The number of nitrogens with one attached hydrogen (secondary N) is 1. The van der Waals surface area contributed by atoms with Gasteiger partial charge < -0.3 is 14.8 Å². The molecule has 0 bridgehead atoms. The predicted octanol–water partition coefficient (Wildman–Crippen LogP) is 3.00. The van der Waals surface area contributed by atoms with Crippen molar-refractivity contribution in [2.24, 2.45) is 5.92 Å². The Hall–Kier alpha value is -2.16. The van der Waals surface area contributed by atoms with Crippen LogP contribution in [0.3, 0.4) is 0 Å². The van der Waals surface area contributed by atoms with Crippen molar-refractivity contribution in [2.45, 2.75) is 45.4 Å². The Morgan fingerprint density at radius 1 is 1.32 bits per heavy atom. The van der Waals surface area contributed by atoms with E-state index in [2.05, 4.69) is 21.2 Å². The number of rotatable bonds is 4. The number of esters is 1. The Morgan fingerprint density at radius 3 is 2.61 bits per heavy atom. The summed E-state index contributed by atoms with van der Waals surface area (Å²) >= 11 is 3.10. The molecule has 154 valence electrons. The van der Waals surface area contributed by atoms with Gasteiger partial charge in [-0.15, -0.1) is 0 Å². The van der Waals surface area contributed by atoms with Crippen LogP contribution in [0, 0.1) is 11.7 Å². The van der Waals surface area contributed by atoms with Gasteiger partial charge in [-0.1, -0.05) is 12.1 Å². The van der Waals surface area contributed by atoms with E-state index in [1.54, 1.807) is 39.0 Å². The first kappa shape index (κ1) is 22.1. The lowest BCUT2D eigenvalue weighted by Gasteiger charge is -2.28. The summed E-state index contributed by atoms with van der Waals surface area (Å²) in [7, 11) is 1.25. The third-order valence-corrected chi connectivity index (χ3v) is 4.86. The van der Waals surface area contributed by atoms with Gasteiger partial charge in [-0.2, -0.15) is 0 Å². The quantitative estimate of drug-likeness (QED) is 0.700. The molecule has 0 aliphatic carbocycles. The molecular weight excluding hydrogens is 435 g/mol. The molecule has 1 aliphatic heterocycles. The molecule has 9 heteroatoms. The fourth-order valence-corrected chi connectivity index (χ4v) is 3.34. The number of benzene rings is 1. The summed E-state index contributed by atoms with van der Waals surface area (Å²) in [5.74, 6) is -2.08. The first-order valence-electron chi connectivity index (χ1n) is 8.81. The molecule has 0 aromatic heterocycles. The normalized spacial score (nSPS) is 19.3. The minimum atomic E-state index is -0.908. The minimum Gasteiger partial charge on any atom is -0.469 e. The number of hydrogen-bond acceptors (Lipinski definition) is 5. The summed E-state index contributed by atoms with van der Waals surface area (Å²) in [5, 5.41) is 2.63. The third kappa shape index (κ3) is 5.43. The number of hydrogen-bond donors (Lipinski definition) is 1. The largest absolute Gasteiger partial charge is 0.469 e. The molecule has 2 rings (SSSR count). The molecule has 28 heavy (non-hydrogen) atoms. The van der Waals surface area contributed by atoms with Gasteiger partial charge in [0.25, 0.3) is 0 Å². The molecule has 0 radical (unpaired) electrons. The maximum Gasteiger partial charge on any atom is 0.410 e. The highest BCUT2D eigenvalue weighted by molar-refractivity contribution is 9.10. The highest BCUT2D eigenvalue weighted by atomic mass is 79.9. The summed E-state index contributed by atoms with van der Waals surface area (Å²) in [6.07, 6.45) is -0.577. The van der Waals surface area contributed by atoms with E-state index in [1.807, 2.05) is 0 Å². The van der Waals surface area contributed by atoms with Crippen molar-refractivity contribution in [1.29, 1.82) is 0 Å². The van der Waals surface area contributed by atoms with E-state index in [0.29, 0.717) is 10.0 Å². The van der Waals surface area contributed by atoms with Gasteiger partial charge in [0.15, 0.2) is 0 Å². The zero-order valence-electron chi connectivity index (χ0n) is 16.3. The second-order valence-electron chi connectivity index (χ2n) is 7.54. The minimum absolute atomic E-state index is 0.0188. The van der Waals surface area contributed by atoms with Gasteiger partial charge in [-0.3, -0.25) is 14.5 Å². The molecule has 0 unspecified atom stereocenters. The van der Waals surface area contributed by atoms with Crippen LogP contribution in [-0.4, -0.2) is 48.2 Å². The van der Waals surface area contributed by atoms with Gasteiger partial charge >= 0.3 is 12.1 Å². The number of methoxy groups -OCH3 is 1. The van der Waals surface area contributed by atoms with Gasteiger partial charge in [-0.25, -0.2) is 9.18 Å². The summed E-state index contributed by atoms with van der Waals surface area (Å²) < 4.78 is 24.5. The van der Waals surface area contributed by atoms with Crippen molar-refractivity contribution in [3.63, 3.8) is 0 Å². The lowest BCUT2D eigenvalue weighted by atomic mass is 10.1. The highest BCUT2D eigenvalue weighted by Crippen LogP contribution is 2.27. The van der Waals surface area contributed by atoms with Crippen molar-refractivity contribution >= 4 is 33.9 Å². The highest BCUT2D eigenvalue weighted by Gasteiger charge is 2.44. The van der Waals surface area contributed by atoms with Crippen molar-refractivity contribution in [3.05, 3.63) is 34.1 Å². The second-order valence-corrected chi connectivity index (χ2v) is 8.39. The van der Waals surface area contributed by atoms with E-state index in [1.165, 1.54) is 12.0 Å². The first-order chi connectivity index (χ1) is 13.0. The van der Waals surface area contributed by atoms with Crippen LogP contribution >= 0.6 is 15.9 Å². The van der Waals surface area contributed by atoms with E-state index in [9.17, 15) is 18.8 Å². The van der Waals surface area contributed by atoms with Crippen LogP contribution in [-0.2, 0) is 25.6 Å². The van der Waals surface area contributed by atoms with Crippen molar-refractivity contribution < 1.29 is 28.2 Å².